The lowest BCUT2D eigenvalue weighted by molar-refractivity contribution is -0.384. The summed E-state index contributed by atoms with van der Waals surface area (Å²) in [5.74, 6) is -0.437. The minimum Gasteiger partial charge on any atom is -0.283 e. The van der Waals surface area contributed by atoms with Crippen molar-refractivity contribution in [2.24, 2.45) is 0 Å². The van der Waals surface area contributed by atoms with E-state index in [0.717, 1.165) is 0 Å². The van der Waals surface area contributed by atoms with Crippen LogP contribution in [0.3, 0.4) is 0 Å². The van der Waals surface area contributed by atoms with E-state index in [1.807, 2.05) is 0 Å². The van der Waals surface area contributed by atoms with Crippen molar-refractivity contribution in [3.05, 3.63) is 67.7 Å². The summed E-state index contributed by atoms with van der Waals surface area (Å²) in [6.45, 7) is 1.64. The second kappa shape index (κ2) is 6.74. The number of hydrogen-bond donors (Lipinski definition) is 1. The number of non-ortho nitro benzene ring substituents is 1. The van der Waals surface area contributed by atoms with Gasteiger partial charge in [-0.25, -0.2) is 8.42 Å². The van der Waals surface area contributed by atoms with Gasteiger partial charge in [0.15, 0.2) is 0 Å². The molecule has 0 unspecified atom stereocenters. The molecule has 0 aliphatic rings. The molecule has 0 bridgehead atoms. The second-order valence-electron chi connectivity index (χ2n) is 4.82. The molecule has 122 valence electrons. The van der Waals surface area contributed by atoms with E-state index >= 15 is 0 Å². The number of nitro groups is 1. The van der Waals surface area contributed by atoms with E-state index in [2.05, 4.69) is 4.72 Å². The summed E-state index contributed by atoms with van der Waals surface area (Å²) in [5.41, 5.74) is 0.766. The quantitative estimate of drug-likeness (QED) is 0.628. The van der Waals surface area contributed by atoms with Crippen molar-refractivity contribution >= 4 is 44.6 Å². The molecule has 0 aliphatic heterocycles. The zero-order valence-electron chi connectivity index (χ0n) is 11.9. The van der Waals surface area contributed by atoms with Gasteiger partial charge in [-0.1, -0.05) is 35.3 Å². The van der Waals surface area contributed by atoms with Crippen molar-refractivity contribution in [2.45, 2.75) is 12.7 Å². The van der Waals surface area contributed by atoms with Gasteiger partial charge in [-0.2, -0.15) is 0 Å². The molecule has 6 nitrogen and oxygen atoms in total. The number of nitro benzene ring substituents is 1. The van der Waals surface area contributed by atoms with E-state index < -0.39 is 20.7 Å². The first-order valence-electron chi connectivity index (χ1n) is 6.38. The molecule has 0 aliphatic carbocycles. The average molecular weight is 375 g/mol. The molecule has 0 saturated heterocycles. The topological polar surface area (TPSA) is 89.3 Å². The fraction of sp³-hybridized carbons (Fsp3) is 0.143. The Bertz CT molecular complexity index is 849. The van der Waals surface area contributed by atoms with Crippen LogP contribution in [0.15, 0.2) is 36.4 Å². The maximum Gasteiger partial charge on any atom is 0.271 e. The highest BCUT2D eigenvalue weighted by atomic mass is 35.5. The lowest BCUT2D eigenvalue weighted by atomic mass is 10.2. The van der Waals surface area contributed by atoms with Crippen molar-refractivity contribution in [2.75, 3.05) is 4.72 Å². The maximum absolute atomic E-state index is 12.3. The number of halogens is 2. The van der Waals surface area contributed by atoms with Crippen molar-refractivity contribution < 1.29 is 13.3 Å². The van der Waals surface area contributed by atoms with Crippen LogP contribution in [-0.2, 0) is 15.8 Å². The summed E-state index contributed by atoms with van der Waals surface area (Å²) in [7, 11) is -3.84. The van der Waals surface area contributed by atoms with Crippen LogP contribution in [0.4, 0.5) is 11.4 Å². The van der Waals surface area contributed by atoms with Gasteiger partial charge >= 0.3 is 0 Å². The van der Waals surface area contributed by atoms with Crippen molar-refractivity contribution in [3.63, 3.8) is 0 Å². The third-order valence-electron chi connectivity index (χ3n) is 3.09. The summed E-state index contributed by atoms with van der Waals surface area (Å²) in [6, 6.07) is 8.63. The molecule has 0 radical (unpaired) electrons. The Morgan fingerprint density at radius 2 is 1.78 bits per heavy atom. The Hall–Kier alpha value is -1.83. The lowest BCUT2D eigenvalue weighted by Gasteiger charge is -2.12. The van der Waals surface area contributed by atoms with E-state index in [1.54, 1.807) is 13.0 Å². The molecule has 0 heterocycles. The standard InChI is InChI=1S/C14H12Cl2N2O4S/c1-9-5-6-10(18(19)20)7-14(9)17-23(21,22)8-11-12(15)3-2-4-13(11)16/h2-7,17H,8H2,1H3. The molecular weight excluding hydrogens is 363 g/mol. The number of nitrogens with one attached hydrogen (secondary N) is 1. The van der Waals surface area contributed by atoms with E-state index in [0.29, 0.717) is 5.56 Å². The first-order chi connectivity index (χ1) is 10.7. The Labute approximate surface area is 143 Å². The van der Waals surface area contributed by atoms with E-state index in [1.165, 1.54) is 30.3 Å². The molecule has 0 saturated carbocycles. The number of rotatable bonds is 5. The predicted octanol–water partition coefficient (Wildman–Crippen LogP) is 4.15. The van der Waals surface area contributed by atoms with Gasteiger partial charge < -0.3 is 0 Å². The highest BCUT2D eigenvalue weighted by Crippen LogP contribution is 2.28. The number of aryl methyl sites for hydroxylation is 1. The fourth-order valence-corrected chi connectivity index (χ4v) is 3.91. The highest BCUT2D eigenvalue weighted by Gasteiger charge is 2.19. The molecule has 9 heteroatoms. The maximum atomic E-state index is 12.3. The minimum absolute atomic E-state index is 0.141. The SMILES string of the molecule is Cc1ccc([N+](=O)[O-])cc1NS(=O)(=O)Cc1c(Cl)cccc1Cl. The van der Waals surface area contributed by atoms with Crippen molar-refractivity contribution in [1.29, 1.82) is 0 Å². The second-order valence-corrected chi connectivity index (χ2v) is 7.35. The van der Waals surface area contributed by atoms with Crippen LogP contribution >= 0.6 is 23.2 Å². The first kappa shape index (κ1) is 17.5. The van der Waals surface area contributed by atoms with Crippen molar-refractivity contribution in [1.82, 2.24) is 0 Å². The number of hydrogen-bond acceptors (Lipinski definition) is 4. The first-order valence-corrected chi connectivity index (χ1v) is 8.79. The third-order valence-corrected chi connectivity index (χ3v) is 5.00. The Morgan fingerprint density at radius 3 is 2.35 bits per heavy atom. The summed E-state index contributed by atoms with van der Waals surface area (Å²) in [6.07, 6.45) is 0. The molecule has 0 spiro atoms. The van der Waals surface area contributed by atoms with E-state index in [9.17, 15) is 18.5 Å². The molecule has 2 aromatic carbocycles. The van der Waals surface area contributed by atoms with Gasteiger partial charge in [0.25, 0.3) is 5.69 Å². The van der Waals surface area contributed by atoms with Gasteiger partial charge in [0, 0.05) is 27.7 Å². The van der Waals surface area contributed by atoms with E-state index in [-0.39, 0.29) is 27.0 Å². The molecule has 2 aromatic rings. The normalized spacial score (nSPS) is 11.3. The number of nitrogens with zero attached hydrogens (tertiary/aromatic N) is 1. The average Bonchev–Trinajstić information content (AvgIpc) is 2.45. The monoisotopic (exact) mass is 374 g/mol. The molecule has 0 fully saturated rings. The third kappa shape index (κ3) is 4.34. The van der Waals surface area contributed by atoms with Crippen LogP contribution in [0, 0.1) is 17.0 Å². The van der Waals surface area contributed by atoms with Gasteiger partial charge in [-0.15, -0.1) is 0 Å². The van der Waals surface area contributed by atoms with Crippen LogP contribution in [0.5, 0.6) is 0 Å². The van der Waals surface area contributed by atoms with Gasteiger partial charge in [0.1, 0.15) is 0 Å². The molecule has 0 aromatic heterocycles. The lowest BCUT2D eigenvalue weighted by Crippen LogP contribution is -2.16. The summed E-state index contributed by atoms with van der Waals surface area (Å²) in [4.78, 5) is 10.2. The molecule has 0 atom stereocenters. The number of benzene rings is 2. The fourth-order valence-electron chi connectivity index (χ4n) is 1.90. The minimum atomic E-state index is -3.84. The summed E-state index contributed by atoms with van der Waals surface area (Å²) < 4.78 is 27.0. The zero-order valence-corrected chi connectivity index (χ0v) is 14.2. The van der Waals surface area contributed by atoms with Crippen LogP contribution < -0.4 is 4.72 Å². The summed E-state index contributed by atoms with van der Waals surface area (Å²) >= 11 is 11.9. The number of anilines is 1. The van der Waals surface area contributed by atoms with Crippen molar-refractivity contribution in [3.8, 4) is 0 Å². The molecule has 23 heavy (non-hydrogen) atoms. The Morgan fingerprint density at radius 1 is 1.17 bits per heavy atom. The van der Waals surface area contributed by atoms with Gasteiger partial charge in [-0.05, 0) is 24.6 Å². The van der Waals surface area contributed by atoms with Gasteiger partial charge in [0.2, 0.25) is 10.0 Å². The van der Waals surface area contributed by atoms with Gasteiger partial charge in [0.05, 0.1) is 16.4 Å². The highest BCUT2D eigenvalue weighted by molar-refractivity contribution is 7.91. The zero-order chi connectivity index (χ0) is 17.2. The largest absolute Gasteiger partial charge is 0.283 e. The molecule has 0 amide bonds. The molecular formula is C14H12Cl2N2O4S. The smallest absolute Gasteiger partial charge is 0.271 e. The predicted molar refractivity (Wildman–Crippen MR) is 90.5 cm³/mol. The van der Waals surface area contributed by atoms with Crippen LogP contribution in [0.1, 0.15) is 11.1 Å². The molecule has 1 N–H and O–H groups in total. The van der Waals surface area contributed by atoms with Crippen LogP contribution in [0.25, 0.3) is 0 Å². The Balaban J connectivity index is 2.32. The summed E-state index contributed by atoms with van der Waals surface area (Å²) in [5, 5.41) is 11.3. The Kier molecular flexibility index (Phi) is 5.13. The molecule has 2 rings (SSSR count). The van der Waals surface area contributed by atoms with E-state index in [4.69, 9.17) is 23.2 Å². The van der Waals surface area contributed by atoms with Crippen LogP contribution in [-0.4, -0.2) is 13.3 Å². The van der Waals surface area contributed by atoms with Gasteiger partial charge in [-0.3, -0.25) is 14.8 Å². The van der Waals surface area contributed by atoms with Crippen LogP contribution in [0.2, 0.25) is 10.0 Å². The number of sulfonamides is 1.